The number of benzene rings is 2. The lowest BCUT2D eigenvalue weighted by atomic mass is 9.87. The summed E-state index contributed by atoms with van der Waals surface area (Å²) in [5.74, 6) is -1.43. The highest BCUT2D eigenvalue weighted by molar-refractivity contribution is 5.93. The number of carbonyl (C=O) groups excluding carboxylic acids is 2. The van der Waals surface area contributed by atoms with Crippen molar-refractivity contribution >= 4 is 11.9 Å². The smallest absolute Gasteiger partial charge is 0.387 e. The lowest BCUT2D eigenvalue weighted by molar-refractivity contribution is -0.130. The van der Waals surface area contributed by atoms with Crippen LogP contribution in [-0.2, 0) is 16.0 Å². The Morgan fingerprint density at radius 3 is 2.63 bits per heavy atom. The third kappa shape index (κ3) is 5.06. The number of methoxy groups -OCH3 is 1. The number of halogens is 2. The molecule has 0 aliphatic heterocycles. The molecule has 3 rings (SSSR count). The zero-order valence-electron chi connectivity index (χ0n) is 16.7. The minimum absolute atomic E-state index is 0.0410. The Hall–Kier alpha value is -3.16. The Morgan fingerprint density at radius 2 is 1.90 bits per heavy atom. The topological polar surface area (TPSA) is 73.9 Å². The second kappa shape index (κ2) is 9.56. The second-order valence-corrected chi connectivity index (χ2v) is 6.94. The predicted molar refractivity (Wildman–Crippen MR) is 105 cm³/mol. The van der Waals surface area contributed by atoms with Gasteiger partial charge in [0.15, 0.2) is 17.6 Å². The third-order valence-electron chi connectivity index (χ3n) is 4.95. The first kappa shape index (κ1) is 21.5. The number of hydrogen-bond donors (Lipinski definition) is 1. The Labute approximate surface area is 173 Å². The predicted octanol–water partition coefficient (Wildman–Crippen LogP) is 4.04. The molecular weight excluding hydrogens is 396 g/mol. The quantitative estimate of drug-likeness (QED) is 0.686. The van der Waals surface area contributed by atoms with Crippen LogP contribution < -0.4 is 14.8 Å². The molecular formula is C22H23F2NO5. The van der Waals surface area contributed by atoms with Gasteiger partial charge in [0, 0.05) is 0 Å². The fraction of sp³-hybridized carbons (Fsp3) is 0.364. The first-order valence-corrected chi connectivity index (χ1v) is 9.61. The molecule has 0 saturated heterocycles. The first-order chi connectivity index (χ1) is 14.4. The molecule has 0 radical (unpaired) electrons. The summed E-state index contributed by atoms with van der Waals surface area (Å²) in [6, 6.07) is 11.5. The number of esters is 1. The number of rotatable bonds is 7. The monoisotopic (exact) mass is 419 g/mol. The minimum atomic E-state index is -3.02. The summed E-state index contributed by atoms with van der Waals surface area (Å²) >= 11 is 0. The van der Waals surface area contributed by atoms with Crippen LogP contribution in [0, 0.1) is 0 Å². The van der Waals surface area contributed by atoms with Gasteiger partial charge < -0.3 is 19.5 Å². The van der Waals surface area contributed by atoms with Crippen molar-refractivity contribution in [2.75, 3.05) is 7.11 Å². The van der Waals surface area contributed by atoms with Gasteiger partial charge in [0.25, 0.3) is 5.91 Å². The van der Waals surface area contributed by atoms with Gasteiger partial charge in [-0.3, -0.25) is 4.79 Å². The molecule has 160 valence electrons. The maximum atomic E-state index is 12.6. The van der Waals surface area contributed by atoms with Crippen molar-refractivity contribution in [2.45, 2.75) is 44.9 Å². The van der Waals surface area contributed by atoms with Crippen molar-refractivity contribution < 1.29 is 32.6 Å². The number of alkyl halides is 2. The van der Waals surface area contributed by atoms with E-state index in [1.807, 2.05) is 24.3 Å². The number of amides is 1. The Kier molecular flexibility index (Phi) is 6.87. The van der Waals surface area contributed by atoms with Gasteiger partial charge in [0.1, 0.15) is 0 Å². The van der Waals surface area contributed by atoms with Gasteiger partial charge in [-0.25, -0.2) is 4.79 Å². The fourth-order valence-corrected chi connectivity index (χ4v) is 3.46. The molecule has 0 saturated carbocycles. The van der Waals surface area contributed by atoms with E-state index in [1.165, 1.54) is 37.8 Å². The average molecular weight is 419 g/mol. The number of nitrogens with one attached hydrogen (secondary N) is 1. The molecule has 1 N–H and O–H groups in total. The highest BCUT2D eigenvalue weighted by Crippen LogP contribution is 2.31. The summed E-state index contributed by atoms with van der Waals surface area (Å²) in [6.45, 7) is -1.54. The highest BCUT2D eigenvalue weighted by atomic mass is 19.3. The van der Waals surface area contributed by atoms with Gasteiger partial charge in [-0.15, -0.1) is 0 Å². The van der Waals surface area contributed by atoms with Crippen LogP contribution >= 0.6 is 0 Å². The lowest BCUT2D eigenvalue weighted by Gasteiger charge is -2.27. The molecule has 0 aromatic heterocycles. The average Bonchev–Trinajstić information content (AvgIpc) is 2.73. The normalized spacial score (nSPS) is 16.4. The van der Waals surface area contributed by atoms with Gasteiger partial charge in [0.2, 0.25) is 0 Å². The Bertz CT molecular complexity index is 918. The van der Waals surface area contributed by atoms with Gasteiger partial charge in [-0.05, 0) is 55.5 Å². The summed E-state index contributed by atoms with van der Waals surface area (Å²) in [4.78, 5) is 25.0. The molecule has 0 heterocycles. The minimum Gasteiger partial charge on any atom is -0.493 e. The van der Waals surface area contributed by atoms with E-state index in [0.29, 0.717) is 0 Å². The summed E-state index contributed by atoms with van der Waals surface area (Å²) in [5, 5.41) is 2.94. The first-order valence-electron chi connectivity index (χ1n) is 9.61. The molecule has 6 nitrogen and oxygen atoms in total. The molecule has 2 unspecified atom stereocenters. The van der Waals surface area contributed by atoms with Gasteiger partial charge in [0.05, 0.1) is 18.7 Å². The van der Waals surface area contributed by atoms with E-state index in [9.17, 15) is 18.4 Å². The summed E-state index contributed by atoms with van der Waals surface area (Å²) in [5.41, 5.74) is 2.34. The maximum absolute atomic E-state index is 12.6. The van der Waals surface area contributed by atoms with Crippen molar-refractivity contribution in [2.24, 2.45) is 0 Å². The van der Waals surface area contributed by atoms with E-state index in [0.717, 1.165) is 24.8 Å². The van der Waals surface area contributed by atoms with Crippen LogP contribution in [0.4, 0.5) is 8.78 Å². The molecule has 8 heteroatoms. The van der Waals surface area contributed by atoms with E-state index >= 15 is 0 Å². The van der Waals surface area contributed by atoms with E-state index in [-0.39, 0.29) is 23.1 Å². The van der Waals surface area contributed by atoms with E-state index in [2.05, 4.69) is 10.1 Å². The second-order valence-electron chi connectivity index (χ2n) is 6.94. The van der Waals surface area contributed by atoms with E-state index in [4.69, 9.17) is 9.47 Å². The molecule has 0 spiro atoms. The molecule has 2 aromatic carbocycles. The van der Waals surface area contributed by atoms with Crippen molar-refractivity contribution in [3.05, 3.63) is 59.2 Å². The van der Waals surface area contributed by atoms with Crippen LogP contribution in [0.25, 0.3) is 0 Å². The number of carbonyl (C=O) groups is 2. The highest BCUT2D eigenvalue weighted by Gasteiger charge is 2.26. The zero-order chi connectivity index (χ0) is 21.7. The lowest BCUT2D eigenvalue weighted by Crippen LogP contribution is -2.39. The van der Waals surface area contributed by atoms with Crippen LogP contribution in [0.2, 0.25) is 0 Å². The van der Waals surface area contributed by atoms with Crippen LogP contribution in [-0.4, -0.2) is 31.7 Å². The molecule has 1 amide bonds. The fourth-order valence-electron chi connectivity index (χ4n) is 3.46. The van der Waals surface area contributed by atoms with Crippen molar-refractivity contribution in [3.8, 4) is 11.5 Å². The molecule has 1 aliphatic rings. The molecule has 1 aliphatic carbocycles. The van der Waals surface area contributed by atoms with Crippen molar-refractivity contribution in [1.29, 1.82) is 0 Å². The van der Waals surface area contributed by atoms with Crippen LogP contribution in [0.15, 0.2) is 42.5 Å². The van der Waals surface area contributed by atoms with E-state index < -0.39 is 24.6 Å². The van der Waals surface area contributed by atoms with Gasteiger partial charge >= 0.3 is 12.6 Å². The Balaban J connectivity index is 1.64. The molecule has 0 fully saturated rings. The summed E-state index contributed by atoms with van der Waals surface area (Å²) < 4.78 is 39.4. The summed E-state index contributed by atoms with van der Waals surface area (Å²) in [6.07, 6.45) is 1.71. The number of fused-ring (bicyclic) bond motifs is 1. The molecule has 0 bridgehead atoms. The van der Waals surface area contributed by atoms with Crippen LogP contribution in [0.1, 0.15) is 47.3 Å². The molecule has 2 atom stereocenters. The number of aryl methyl sites for hydroxylation is 1. The Morgan fingerprint density at radius 1 is 1.13 bits per heavy atom. The molecule has 30 heavy (non-hydrogen) atoms. The summed E-state index contributed by atoms with van der Waals surface area (Å²) in [7, 11) is 1.26. The van der Waals surface area contributed by atoms with Gasteiger partial charge in [-0.1, -0.05) is 24.3 Å². The van der Waals surface area contributed by atoms with Crippen molar-refractivity contribution in [1.82, 2.24) is 5.32 Å². The van der Waals surface area contributed by atoms with Crippen LogP contribution in [0.5, 0.6) is 11.5 Å². The number of ether oxygens (including phenoxy) is 3. The molecule has 2 aromatic rings. The van der Waals surface area contributed by atoms with Gasteiger partial charge in [-0.2, -0.15) is 8.78 Å². The van der Waals surface area contributed by atoms with Crippen LogP contribution in [0.3, 0.4) is 0 Å². The maximum Gasteiger partial charge on any atom is 0.387 e. The third-order valence-corrected chi connectivity index (χ3v) is 4.95. The standard InChI is InChI=1S/C22H23F2NO5/c1-13(20(26)25-17-9-5-7-14-6-3-4-8-16(14)17)29-21(27)15-10-11-18(30-22(23)24)19(12-15)28-2/h3-4,6,8,10-13,17,22H,5,7,9H2,1-2H3,(H,25,26). The van der Waals surface area contributed by atoms with Crippen molar-refractivity contribution in [3.63, 3.8) is 0 Å². The zero-order valence-corrected chi connectivity index (χ0v) is 16.7. The SMILES string of the molecule is COc1cc(C(=O)OC(C)C(=O)NC2CCCc3ccccc32)ccc1OC(F)F. The van der Waals surface area contributed by atoms with E-state index in [1.54, 1.807) is 0 Å². The largest absolute Gasteiger partial charge is 0.493 e. The number of hydrogen-bond acceptors (Lipinski definition) is 5.